The van der Waals surface area contributed by atoms with Gasteiger partial charge in [-0.3, -0.25) is 0 Å². The molecule has 0 radical (unpaired) electrons. The summed E-state index contributed by atoms with van der Waals surface area (Å²) < 4.78 is 0. The number of aliphatic hydroxyl groups is 2. The third kappa shape index (κ3) is 3.46. The van der Waals surface area contributed by atoms with Crippen molar-refractivity contribution >= 4 is 11.3 Å². The van der Waals surface area contributed by atoms with Crippen LogP contribution >= 0.6 is 11.3 Å². The van der Waals surface area contributed by atoms with Crippen molar-refractivity contribution < 1.29 is 10.2 Å². The maximum atomic E-state index is 9.58. The molecule has 1 aromatic heterocycles. The lowest BCUT2D eigenvalue weighted by Crippen LogP contribution is -2.27. The quantitative estimate of drug-likeness (QED) is 0.761. The summed E-state index contributed by atoms with van der Waals surface area (Å²) in [5, 5.41) is 23.0. The fourth-order valence-corrected chi connectivity index (χ4v) is 1.96. The Bertz CT molecular complexity index is 221. The summed E-state index contributed by atoms with van der Waals surface area (Å²) in [6.45, 7) is 2.00. The minimum absolute atomic E-state index is 0.560. The Hall–Kier alpha value is -0.380. The third-order valence-electron chi connectivity index (χ3n) is 2.05. The third-order valence-corrected chi connectivity index (χ3v) is 2.79. The summed E-state index contributed by atoms with van der Waals surface area (Å²) >= 11 is 1.61. The van der Waals surface area contributed by atoms with Crippen molar-refractivity contribution in [2.75, 3.05) is 0 Å². The highest BCUT2D eigenvalue weighted by Crippen LogP contribution is 2.12. The van der Waals surface area contributed by atoms with Gasteiger partial charge >= 0.3 is 0 Å². The topological polar surface area (TPSA) is 40.5 Å². The Labute approximate surface area is 82.8 Å². The summed E-state index contributed by atoms with van der Waals surface area (Å²) in [5.74, 6) is 0. The van der Waals surface area contributed by atoms with Crippen LogP contribution in [0.4, 0.5) is 0 Å². The molecule has 0 spiro atoms. The first-order valence-electron chi connectivity index (χ1n) is 4.61. The van der Waals surface area contributed by atoms with Gasteiger partial charge in [0.15, 0.2) is 0 Å². The molecule has 2 N–H and O–H groups in total. The molecular formula is C10H16O2S. The summed E-state index contributed by atoms with van der Waals surface area (Å²) in [4.78, 5) is 0. The van der Waals surface area contributed by atoms with E-state index in [9.17, 15) is 10.2 Å². The van der Waals surface area contributed by atoms with Gasteiger partial charge in [0.25, 0.3) is 0 Å². The summed E-state index contributed by atoms with van der Waals surface area (Å²) in [6, 6.07) is 1.98. The van der Waals surface area contributed by atoms with Crippen LogP contribution in [0.1, 0.15) is 25.3 Å². The van der Waals surface area contributed by atoms with Crippen molar-refractivity contribution in [2.45, 2.75) is 38.4 Å². The molecule has 3 heteroatoms. The molecule has 0 saturated carbocycles. The van der Waals surface area contributed by atoms with Crippen LogP contribution in [0.2, 0.25) is 0 Å². The minimum atomic E-state index is -0.616. The molecule has 0 amide bonds. The van der Waals surface area contributed by atoms with Gasteiger partial charge in [-0.15, -0.1) is 0 Å². The highest BCUT2D eigenvalue weighted by atomic mass is 32.1. The van der Waals surface area contributed by atoms with E-state index in [1.54, 1.807) is 11.3 Å². The van der Waals surface area contributed by atoms with E-state index >= 15 is 0 Å². The average Bonchev–Trinajstić information content (AvgIpc) is 2.57. The molecule has 1 heterocycles. The van der Waals surface area contributed by atoms with Gasteiger partial charge in [0.05, 0.1) is 12.2 Å². The fraction of sp³-hybridized carbons (Fsp3) is 0.600. The molecule has 1 rings (SSSR count). The molecule has 0 aliphatic heterocycles. The van der Waals surface area contributed by atoms with Gasteiger partial charge in [-0.2, -0.15) is 11.3 Å². The van der Waals surface area contributed by atoms with Gasteiger partial charge in [-0.1, -0.05) is 13.3 Å². The maximum Gasteiger partial charge on any atom is 0.0839 e. The molecule has 0 saturated heterocycles. The zero-order valence-electron chi connectivity index (χ0n) is 7.81. The number of hydrogen-bond donors (Lipinski definition) is 2. The molecule has 0 aliphatic carbocycles. The summed E-state index contributed by atoms with van der Waals surface area (Å²) in [6.07, 6.45) is 0.942. The molecule has 2 nitrogen and oxygen atoms in total. The van der Waals surface area contributed by atoms with Crippen molar-refractivity contribution in [3.05, 3.63) is 22.4 Å². The Balaban J connectivity index is 2.36. The lowest BCUT2D eigenvalue weighted by molar-refractivity contribution is 0.0149. The van der Waals surface area contributed by atoms with Crippen LogP contribution in [0, 0.1) is 0 Å². The van der Waals surface area contributed by atoms with E-state index in [4.69, 9.17) is 0 Å². The predicted octanol–water partition coefficient (Wildman–Crippen LogP) is 1.81. The SMILES string of the molecule is CCCC(O)C(O)Cc1ccsc1. The lowest BCUT2D eigenvalue weighted by atomic mass is 10.0. The van der Waals surface area contributed by atoms with Gasteiger partial charge in [-0.05, 0) is 28.8 Å². The molecule has 1 aromatic rings. The molecule has 0 fully saturated rings. The Morgan fingerprint density at radius 1 is 1.38 bits per heavy atom. The van der Waals surface area contributed by atoms with Crippen LogP contribution in [-0.2, 0) is 6.42 Å². The van der Waals surface area contributed by atoms with E-state index in [-0.39, 0.29) is 0 Å². The smallest absolute Gasteiger partial charge is 0.0839 e. The Morgan fingerprint density at radius 2 is 2.15 bits per heavy atom. The molecule has 0 bridgehead atoms. The summed E-state index contributed by atoms with van der Waals surface area (Å²) in [5.41, 5.74) is 1.10. The normalized spacial score (nSPS) is 15.6. The van der Waals surface area contributed by atoms with Crippen LogP contribution < -0.4 is 0 Å². The van der Waals surface area contributed by atoms with E-state index in [2.05, 4.69) is 0 Å². The molecule has 74 valence electrons. The highest BCUT2D eigenvalue weighted by Gasteiger charge is 2.15. The number of aliphatic hydroxyl groups excluding tert-OH is 2. The van der Waals surface area contributed by atoms with Crippen LogP contribution in [0.3, 0.4) is 0 Å². The van der Waals surface area contributed by atoms with Gasteiger partial charge in [-0.25, -0.2) is 0 Å². The maximum absolute atomic E-state index is 9.58. The first kappa shape index (κ1) is 10.7. The van der Waals surface area contributed by atoms with Crippen molar-refractivity contribution in [3.8, 4) is 0 Å². The van der Waals surface area contributed by atoms with Gasteiger partial charge in [0, 0.05) is 6.42 Å². The van der Waals surface area contributed by atoms with Crippen LogP contribution in [0.25, 0.3) is 0 Å². The van der Waals surface area contributed by atoms with Crippen molar-refractivity contribution in [3.63, 3.8) is 0 Å². The van der Waals surface area contributed by atoms with Gasteiger partial charge in [0.2, 0.25) is 0 Å². The van der Waals surface area contributed by atoms with Crippen molar-refractivity contribution in [1.82, 2.24) is 0 Å². The van der Waals surface area contributed by atoms with Crippen LogP contribution in [-0.4, -0.2) is 22.4 Å². The predicted molar refractivity (Wildman–Crippen MR) is 54.9 cm³/mol. The lowest BCUT2D eigenvalue weighted by Gasteiger charge is -2.16. The number of rotatable bonds is 5. The van der Waals surface area contributed by atoms with E-state index in [1.807, 2.05) is 23.8 Å². The molecule has 0 aromatic carbocycles. The molecular weight excluding hydrogens is 184 g/mol. The van der Waals surface area contributed by atoms with Crippen LogP contribution in [0.5, 0.6) is 0 Å². The van der Waals surface area contributed by atoms with E-state index in [1.165, 1.54) is 0 Å². The Morgan fingerprint density at radius 3 is 2.69 bits per heavy atom. The largest absolute Gasteiger partial charge is 0.390 e. The van der Waals surface area contributed by atoms with Crippen LogP contribution in [0.15, 0.2) is 16.8 Å². The second-order valence-corrected chi connectivity index (χ2v) is 4.04. The fourth-order valence-electron chi connectivity index (χ4n) is 1.27. The van der Waals surface area contributed by atoms with Crippen molar-refractivity contribution in [1.29, 1.82) is 0 Å². The first-order valence-corrected chi connectivity index (χ1v) is 5.55. The summed E-state index contributed by atoms with van der Waals surface area (Å²) in [7, 11) is 0. The standard InChI is InChI=1S/C10H16O2S/c1-2-3-9(11)10(12)6-8-4-5-13-7-8/h4-5,7,9-12H,2-3,6H2,1H3. The van der Waals surface area contributed by atoms with Gasteiger partial charge in [0.1, 0.15) is 0 Å². The molecule has 0 aliphatic rings. The minimum Gasteiger partial charge on any atom is -0.390 e. The van der Waals surface area contributed by atoms with E-state index in [0.717, 1.165) is 12.0 Å². The Kier molecular flexibility index (Phi) is 4.42. The number of hydrogen-bond acceptors (Lipinski definition) is 3. The van der Waals surface area contributed by atoms with E-state index < -0.39 is 12.2 Å². The van der Waals surface area contributed by atoms with E-state index in [0.29, 0.717) is 12.8 Å². The molecule has 13 heavy (non-hydrogen) atoms. The molecule has 2 atom stereocenters. The number of thiophene rings is 1. The zero-order valence-corrected chi connectivity index (χ0v) is 8.63. The van der Waals surface area contributed by atoms with Gasteiger partial charge < -0.3 is 10.2 Å². The molecule has 2 unspecified atom stereocenters. The zero-order chi connectivity index (χ0) is 9.68. The average molecular weight is 200 g/mol. The second-order valence-electron chi connectivity index (χ2n) is 3.26. The second kappa shape index (κ2) is 5.37. The van der Waals surface area contributed by atoms with Crippen molar-refractivity contribution in [2.24, 2.45) is 0 Å². The highest BCUT2D eigenvalue weighted by molar-refractivity contribution is 7.07. The first-order chi connectivity index (χ1) is 6.24. The monoisotopic (exact) mass is 200 g/mol.